The lowest BCUT2D eigenvalue weighted by atomic mass is 9.66. The van der Waals surface area contributed by atoms with Crippen molar-refractivity contribution < 1.29 is 18.7 Å². The number of carbonyl (C=O) groups excluding carboxylic acids is 1. The molecule has 2 amide bonds. The van der Waals surface area contributed by atoms with Gasteiger partial charge in [0.15, 0.2) is 0 Å². The lowest BCUT2D eigenvalue weighted by Gasteiger charge is -2.53. The van der Waals surface area contributed by atoms with E-state index in [0.29, 0.717) is 50.3 Å². The number of nitrogens with one attached hydrogen (secondary N) is 1. The van der Waals surface area contributed by atoms with Crippen molar-refractivity contribution in [3.8, 4) is 11.1 Å². The molecular weight excluding hydrogens is 526 g/mol. The minimum atomic E-state index is -1.17. The fraction of sp³-hybridized carbons (Fsp3) is 0.438. The van der Waals surface area contributed by atoms with E-state index in [1.165, 1.54) is 28.8 Å². The number of piperazine rings is 1. The third-order valence-corrected chi connectivity index (χ3v) is 9.44. The third-order valence-electron chi connectivity index (χ3n) is 9.44. The Kier molecular flexibility index (Phi) is 7.42. The van der Waals surface area contributed by atoms with Crippen LogP contribution in [0.25, 0.3) is 11.1 Å². The summed E-state index contributed by atoms with van der Waals surface area (Å²) in [6.07, 6.45) is 5.41. The van der Waals surface area contributed by atoms with E-state index in [-0.39, 0.29) is 30.0 Å². The lowest BCUT2D eigenvalue weighted by molar-refractivity contribution is -0.136. The van der Waals surface area contributed by atoms with Crippen LogP contribution in [0.4, 0.5) is 13.6 Å². The molecule has 2 N–H and O–H groups in total. The van der Waals surface area contributed by atoms with Crippen molar-refractivity contribution in [3.05, 3.63) is 94.4 Å². The number of halogens is 2. The number of amides is 2. The predicted octanol–water partition coefficient (Wildman–Crippen LogP) is 4.56. The molecule has 7 nitrogen and oxygen atoms in total. The molecule has 1 aliphatic carbocycles. The van der Waals surface area contributed by atoms with Crippen LogP contribution in [0.3, 0.4) is 0 Å². The highest BCUT2D eigenvalue weighted by molar-refractivity contribution is 5.75. The lowest BCUT2D eigenvalue weighted by Crippen LogP contribution is -2.64. The van der Waals surface area contributed by atoms with Crippen molar-refractivity contribution in [1.29, 1.82) is 0 Å². The van der Waals surface area contributed by atoms with Crippen LogP contribution in [0.5, 0.6) is 0 Å². The Labute approximate surface area is 238 Å². The molecule has 3 fully saturated rings. The van der Waals surface area contributed by atoms with Gasteiger partial charge in [-0.15, -0.1) is 0 Å². The number of urea groups is 1. The van der Waals surface area contributed by atoms with Gasteiger partial charge < -0.3 is 24.8 Å². The van der Waals surface area contributed by atoms with Gasteiger partial charge in [-0.3, -0.25) is 4.79 Å². The van der Waals surface area contributed by atoms with Crippen LogP contribution in [0.15, 0.2) is 71.7 Å². The average molecular weight is 563 g/mol. The number of piperidine rings is 1. The van der Waals surface area contributed by atoms with Crippen molar-refractivity contribution in [2.75, 3.05) is 32.7 Å². The second-order valence-electron chi connectivity index (χ2n) is 11.8. The Morgan fingerprint density at radius 1 is 1.00 bits per heavy atom. The number of benzene rings is 2. The zero-order valence-electron chi connectivity index (χ0n) is 23.1. The Balaban J connectivity index is 1.23. The molecule has 2 atom stereocenters. The van der Waals surface area contributed by atoms with Gasteiger partial charge in [-0.25, -0.2) is 13.6 Å². The van der Waals surface area contributed by atoms with Gasteiger partial charge in [0.25, 0.3) is 5.56 Å². The van der Waals surface area contributed by atoms with Crippen LogP contribution >= 0.6 is 0 Å². The second kappa shape index (κ2) is 11.0. The quantitative estimate of drug-likeness (QED) is 0.489. The SMILES string of the molecule is O=C(N1CC[C@@](O)(Cn2ccc(-c3ccccc3F)cc2=O)C2(CCCC2)C1)N1CCNC[C@H]1c1cccc(F)c1. The maximum absolute atomic E-state index is 14.3. The molecule has 2 aliphatic heterocycles. The summed E-state index contributed by atoms with van der Waals surface area (Å²) in [6.45, 7) is 2.60. The molecule has 3 aromatic rings. The molecule has 0 unspecified atom stereocenters. The summed E-state index contributed by atoms with van der Waals surface area (Å²) in [4.78, 5) is 30.8. The zero-order valence-corrected chi connectivity index (χ0v) is 23.1. The van der Waals surface area contributed by atoms with Gasteiger partial charge in [-0.05, 0) is 54.7 Å². The number of hydrogen-bond acceptors (Lipinski definition) is 4. The molecule has 9 heteroatoms. The van der Waals surface area contributed by atoms with Gasteiger partial charge in [-0.2, -0.15) is 0 Å². The first kappa shape index (κ1) is 27.6. The molecule has 1 aromatic heterocycles. The molecule has 1 spiro atoms. The molecule has 3 heterocycles. The fourth-order valence-electron chi connectivity index (χ4n) is 7.17. The summed E-state index contributed by atoms with van der Waals surface area (Å²) in [7, 11) is 0. The van der Waals surface area contributed by atoms with Gasteiger partial charge >= 0.3 is 6.03 Å². The highest BCUT2D eigenvalue weighted by Gasteiger charge is 2.56. The van der Waals surface area contributed by atoms with E-state index in [0.717, 1.165) is 31.2 Å². The molecule has 0 bridgehead atoms. The largest absolute Gasteiger partial charge is 0.387 e. The number of carbonyl (C=O) groups is 1. The average Bonchev–Trinajstić information content (AvgIpc) is 3.46. The Morgan fingerprint density at radius 2 is 1.80 bits per heavy atom. The topological polar surface area (TPSA) is 77.8 Å². The van der Waals surface area contributed by atoms with Crippen LogP contribution < -0.4 is 10.9 Å². The summed E-state index contributed by atoms with van der Waals surface area (Å²) in [5, 5.41) is 15.5. The maximum atomic E-state index is 14.3. The summed E-state index contributed by atoms with van der Waals surface area (Å²) in [5.74, 6) is -0.722. The molecule has 2 aromatic carbocycles. The van der Waals surface area contributed by atoms with E-state index in [4.69, 9.17) is 0 Å². The first-order chi connectivity index (χ1) is 19.8. The normalized spacial score (nSPS) is 24.1. The van der Waals surface area contributed by atoms with E-state index in [2.05, 4.69) is 5.32 Å². The zero-order chi connectivity index (χ0) is 28.6. The van der Waals surface area contributed by atoms with Gasteiger partial charge in [0, 0.05) is 56.0 Å². The van der Waals surface area contributed by atoms with Crippen molar-refractivity contribution in [2.45, 2.75) is 50.3 Å². The number of aliphatic hydroxyl groups is 1. The molecular formula is C32H36F2N4O3. The summed E-state index contributed by atoms with van der Waals surface area (Å²) < 4.78 is 29.8. The summed E-state index contributed by atoms with van der Waals surface area (Å²) in [5.41, 5.74) is -0.394. The monoisotopic (exact) mass is 562 g/mol. The minimum Gasteiger partial charge on any atom is -0.387 e. The Morgan fingerprint density at radius 3 is 2.56 bits per heavy atom. The van der Waals surface area contributed by atoms with E-state index in [1.807, 2.05) is 15.9 Å². The van der Waals surface area contributed by atoms with E-state index >= 15 is 0 Å². The van der Waals surface area contributed by atoms with E-state index < -0.39 is 16.8 Å². The van der Waals surface area contributed by atoms with Crippen molar-refractivity contribution in [3.63, 3.8) is 0 Å². The van der Waals surface area contributed by atoms with Gasteiger partial charge in [-0.1, -0.05) is 43.2 Å². The first-order valence-corrected chi connectivity index (χ1v) is 14.5. The number of likely N-dealkylation sites (tertiary alicyclic amines) is 1. The number of nitrogens with zero attached hydrogens (tertiary/aromatic N) is 3. The maximum Gasteiger partial charge on any atom is 0.320 e. The number of hydrogen-bond donors (Lipinski definition) is 2. The first-order valence-electron chi connectivity index (χ1n) is 14.5. The van der Waals surface area contributed by atoms with Crippen LogP contribution in [0, 0.1) is 17.0 Å². The Bertz CT molecular complexity index is 1490. The number of pyridine rings is 1. The van der Waals surface area contributed by atoms with Crippen molar-refractivity contribution >= 4 is 6.03 Å². The van der Waals surface area contributed by atoms with Crippen LogP contribution in [0.2, 0.25) is 0 Å². The van der Waals surface area contributed by atoms with E-state index in [1.54, 1.807) is 36.5 Å². The predicted molar refractivity (Wildman–Crippen MR) is 152 cm³/mol. The smallest absolute Gasteiger partial charge is 0.320 e. The molecule has 0 radical (unpaired) electrons. The summed E-state index contributed by atoms with van der Waals surface area (Å²) in [6, 6.07) is 15.5. The van der Waals surface area contributed by atoms with Gasteiger partial charge in [0.05, 0.1) is 18.2 Å². The van der Waals surface area contributed by atoms with Crippen LogP contribution in [-0.2, 0) is 6.54 Å². The molecule has 41 heavy (non-hydrogen) atoms. The van der Waals surface area contributed by atoms with Crippen LogP contribution in [-0.4, -0.2) is 63.8 Å². The standard InChI is InChI=1S/C32H36F2N4O3/c33-25-7-5-6-24(18-25)28-20-35-14-17-38(28)30(40)37-16-13-32(41,31(21-37)11-3-4-12-31)22-36-15-10-23(19-29(36)39)26-8-1-2-9-27(26)34/h1-2,5-10,15,18-19,28,35,41H,3-4,11-14,16-17,20-22H2/t28-,32+/m0/s1. The summed E-state index contributed by atoms with van der Waals surface area (Å²) >= 11 is 0. The van der Waals surface area contributed by atoms with Gasteiger partial charge in [0.1, 0.15) is 11.6 Å². The number of aromatic nitrogens is 1. The molecule has 216 valence electrons. The van der Waals surface area contributed by atoms with Crippen molar-refractivity contribution in [1.82, 2.24) is 19.7 Å². The molecule has 6 rings (SSSR count). The Hall–Kier alpha value is -3.56. The highest BCUT2D eigenvalue weighted by Crippen LogP contribution is 2.52. The number of rotatable bonds is 4. The van der Waals surface area contributed by atoms with E-state index in [9.17, 15) is 23.5 Å². The molecule has 3 aliphatic rings. The fourth-order valence-corrected chi connectivity index (χ4v) is 7.17. The third kappa shape index (κ3) is 5.17. The van der Waals surface area contributed by atoms with Crippen LogP contribution in [0.1, 0.15) is 43.7 Å². The second-order valence-corrected chi connectivity index (χ2v) is 11.8. The molecule has 1 saturated carbocycles. The molecule has 2 saturated heterocycles. The highest BCUT2D eigenvalue weighted by atomic mass is 19.1. The van der Waals surface area contributed by atoms with Crippen molar-refractivity contribution in [2.24, 2.45) is 5.41 Å². The minimum absolute atomic E-state index is 0.0968. The van der Waals surface area contributed by atoms with Gasteiger partial charge in [0.2, 0.25) is 0 Å².